The summed E-state index contributed by atoms with van der Waals surface area (Å²) >= 11 is 0. The highest BCUT2D eigenvalue weighted by atomic mass is 35.5. The number of hydrogen-bond donors (Lipinski definition) is 1. The molecule has 2 rings (SSSR count). The quantitative estimate of drug-likeness (QED) is 0.833. The smallest absolute Gasteiger partial charge is 0.122 e. The summed E-state index contributed by atoms with van der Waals surface area (Å²) in [5, 5.41) is 0. The molecule has 78 valence electrons. The fourth-order valence-corrected chi connectivity index (χ4v) is 1.82. The van der Waals surface area contributed by atoms with Crippen LogP contribution in [0.5, 0.6) is 5.75 Å². The zero-order chi connectivity index (χ0) is 9.10. The molecule has 1 aliphatic rings. The molecule has 3 heteroatoms. The summed E-state index contributed by atoms with van der Waals surface area (Å²) < 4.78 is 5.49. The van der Waals surface area contributed by atoms with Crippen molar-refractivity contribution in [2.24, 2.45) is 5.73 Å². The van der Waals surface area contributed by atoms with E-state index in [4.69, 9.17) is 10.5 Å². The minimum Gasteiger partial charge on any atom is -0.493 e. The van der Waals surface area contributed by atoms with E-state index < -0.39 is 0 Å². The van der Waals surface area contributed by atoms with E-state index in [1.54, 1.807) is 0 Å². The fourth-order valence-electron chi connectivity index (χ4n) is 1.82. The number of fused-ring (bicyclic) bond motifs is 1. The largest absolute Gasteiger partial charge is 0.493 e. The van der Waals surface area contributed by atoms with Crippen molar-refractivity contribution in [2.45, 2.75) is 19.3 Å². The normalized spacial score (nSPS) is 12.9. The average molecular weight is 214 g/mol. The lowest BCUT2D eigenvalue weighted by molar-refractivity contribution is 0.357. The molecule has 0 spiro atoms. The second kappa shape index (κ2) is 5.23. The van der Waals surface area contributed by atoms with Crippen LogP contribution < -0.4 is 10.5 Å². The van der Waals surface area contributed by atoms with E-state index in [-0.39, 0.29) is 12.4 Å². The van der Waals surface area contributed by atoms with Gasteiger partial charge in [-0.15, -0.1) is 12.4 Å². The highest BCUT2D eigenvalue weighted by molar-refractivity contribution is 5.85. The molecule has 2 nitrogen and oxygen atoms in total. The molecule has 1 heterocycles. The van der Waals surface area contributed by atoms with Gasteiger partial charge < -0.3 is 10.5 Å². The second-order valence-electron chi connectivity index (χ2n) is 3.38. The summed E-state index contributed by atoms with van der Waals surface area (Å²) in [5.74, 6) is 1.08. The predicted octanol–water partition coefficient (Wildman–Crippen LogP) is 1.93. The summed E-state index contributed by atoms with van der Waals surface area (Å²) in [6, 6.07) is 6.30. The Morgan fingerprint density at radius 3 is 3.00 bits per heavy atom. The number of nitrogens with two attached hydrogens (primary N) is 1. The topological polar surface area (TPSA) is 35.2 Å². The van der Waals surface area contributed by atoms with Gasteiger partial charge in [-0.3, -0.25) is 0 Å². The van der Waals surface area contributed by atoms with Gasteiger partial charge in [0.05, 0.1) is 6.61 Å². The molecule has 0 atom stereocenters. The number of halogens is 1. The molecule has 14 heavy (non-hydrogen) atoms. The van der Waals surface area contributed by atoms with Crippen LogP contribution in [0.1, 0.15) is 17.5 Å². The first-order chi connectivity index (χ1) is 6.42. The van der Waals surface area contributed by atoms with Crippen LogP contribution in [0.2, 0.25) is 0 Å². The fraction of sp³-hybridized carbons (Fsp3) is 0.455. The highest BCUT2D eigenvalue weighted by Gasteiger charge is 2.14. The van der Waals surface area contributed by atoms with E-state index in [0.29, 0.717) is 0 Å². The number of ether oxygens (including phenoxy) is 1. The lowest BCUT2D eigenvalue weighted by atomic mass is 10.0. The molecular formula is C11H16ClNO. The van der Waals surface area contributed by atoms with Crippen molar-refractivity contribution in [3.05, 3.63) is 29.3 Å². The minimum absolute atomic E-state index is 0. The Morgan fingerprint density at radius 1 is 1.36 bits per heavy atom. The van der Waals surface area contributed by atoms with Crippen LogP contribution >= 0.6 is 12.4 Å². The summed E-state index contributed by atoms with van der Waals surface area (Å²) in [6.45, 7) is 1.61. The molecule has 1 aromatic carbocycles. The zero-order valence-corrected chi connectivity index (χ0v) is 8.98. The van der Waals surface area contributed by atoms with Crippen molar-refractivity contribution >= 4 is 12.4 Å². The molecule has 0 aliphatic carbocycles. The Hall–Kier alpha value is -0.730. The van der Waals surface area contributed by atoms with E-state index in [2.05, 4.69) is 12.1 Å². The molecule has 0 aromatic heterocycles. The van der Waals surface area contributed by atoms with E-state index in [9.17, 15) is 0 Å². The molecule has 0 unspecified atom stereocenters. The predicted molar refractivity (Wildman–Crippen MR) is 60.3 cm³/mol. The van der Waals surface area contributed by atoms with Crippen molar-refractivity contribution in [1.29, 1.82) is 0 Å². The van der Waals surface area contributed by atoms with Crippen LogP contribution in [-0.4, -0.2) is 13.2 Å². The highest BCUT2D eigenvalue weighted by Crippen LogP contribution is 2.28. The van der Waals surface area contributed by atoms with Gasteiger partial charge in [0.25, 0.3) is 0 Å². The third-order valence-corrected chi connectivity index (χ3v) is 2.49. The Morgan fingerprint density at radius 2 is 2.21 bits per heavy atom. The number of rotatable bonds is 3. The van der Waals surface area contributed by atoms with Gasteiger partial charge in [0.2, 0.25) is 0 Å². The molecule has 1 aromatic rings. The third-order valence-electron chi connectivity index (χ3n) is 2.49. The molecular weight excluding hydrogens is 198 g/mol. The second-order valence-corrected chi connectivity index (χ2v) is 3.38. The summed E-state index contributed by atoms with van der Waals surface area (Å²) in [5.41, 5.74) is 8.31. The van der Waals surface area contributed by atoms with E-state index in [1.165, 1.54) is 11.1 Å². The maximum atomic E-state index is 5.49. The zero-order valence-electron chi connectivity index (χ0n) is 8.16. The van der Waals surface area contributed by atoms with Gasteiger partial charge in [-0.25, -0.2) is 0 Å². The molecule has 0 bridgehead atoms. The third kappa shape index (κ3) is 2.20. The van der Waals surface area contributed by atoms with Crippen LogP contribution in [0.3, 0.4) is 0 Å². The average Bonchev–Trinajstić information content (AvgIpc) is 2.62. The van der Waals surface area contributed by atoms with Gasteiger partial charge in [-0.1, -0.05) is 12.1 Å². The summed E-state index contributed by atoms with van der Waals surface area (Å²) in [6.07, 6.45) is 3.22. The maximum absolute atomic E-state index is 5.49. The minimum atomic E-state index is 0. The Kier molecular flexibility index (Phi) is 4.23. The molecule has 1 aliphatic heterocycles. The van der Waals surface area contributed by atoms with Gasteiger partial charge in [0.15, 0.2) is 0 Å². The van der Waals surface area contributed by atoms with Crippen molar-refractivity contribution in [1.82, 2.24) is 0 Å². The molecule has 0 fully saturated rings. The van der Waals surface area contributed by atoms with Gasteiger partial charge in [-0.05, 0) is 31.0 Å². The summed E-state index contributed by atoms with van der Waals surface area (Å²) in [4.78, 5) is 0. The standard InChI is InChI=1S/C11H15NO.ClH/c12-7-2-4-9-3-1-5-11-10(9)6-8-13-11;/h1,3,5H,2,4,6-8,12H2;1H. The SMILES string of the molecule is Cl.NCCCc1cccc2c1CCO2. The van der Waals surface area contributed by atoms with Crippen LogP contribution in [0.25, 0.3) is 0 Å². The van der Waals surface area contributed by atoms with Crippen LogP contribution in [-0.2, 0) is 12.8 Å². The molecule has 0 radical (unpaired) electrons. The molecule has 0 saturated heterocycles. The van der Waals surface area contributed by atoms with Crippen LogP contribution in [0.15, 0.2) is 18.2 Å². The first kappa shape index (κ1) is 11.3. The molecule has 0 amide bonds. The monoisotopic (exact) mass is 213 g/mol. The van der Waals surface area contributed by atoms with Crippen LogP contribution in [0.4, 0.5) is 0 Å². The van der Waals surface area contributed by atoms with Gasteiger partial charge in [0.1, 0.15) is 5.75 Å². The number of hydrogen-bond acceptors (Lipinski definition) is 2. The van der Waals surface area contributed by atoms with Crippen molar-refractivity contribution in [3.8, 4) is 5.75 Å². The lowest BCUT2D eigenvalue weighted by Gasteiger charge is -2.05. The summed E-state index contributed by atoms with van der Waals surface area (Å²) in [7, 11) is 0. The van der Waals surface area contributed by atoms with E-state index in [0.717, 1.165) is 38.2 Å². The van der Waals surface area contributed by atoms with E-state index in [1.807, 2.05) is 6.07 Å². The van der Waals surface area contributed by atoms with Crippen LogP contribution in [0, 0.1) is 0 Å². The van der Waals surface area contributed by atoms with Crippen molar-refractivity contribution < 1.29 is 4.74 Å². The van der Waals surface area contributed by atoms with Crippen molar-refractivity contribution in [2.75, 3.05) is 13.2 Å². The molecule has 0 saturated carbocycles. The van der Waals surface area contributed by atoms with Gasteiger partial charge >= 0.3 is 0 Å². The van der Waals surface area contributed by atoms with Gasteiger partial charge in [-0.2, -0.15) is 0 Å². The Balaban J connectivity index is 0.000000980. The van der Waals surface area contributed by atoms with E-state index >= 15 is 0 Å². The Labute approximate surface area is 90.9 Å². The first-order valence-electron chi connectivity index (χ1n) is 4.85. The Bertz CT molecular complexity index is 301. The lowest BCUT2D eigenvalue weighted by Crippen LogP contribution is -2.01. The van der Waals surface area contributed by atoms with Gasteiger partial charge in [0, 0.05) is 12.0 Å². The van der Waals surface area contributed by atoms with Crippen molar-refractivity contribution in [3.63, 3.8) is 0 Å². The molecule has 2 N–H and O–H groups in total. The first-order valence-corrected chi connectivity index (χ1v) is 4.85. The maximum Gasteiger partial charge on any atom is 0.122 e. The number of aryl methyl sites for hydroxylation is 1. The number of benzene rings is 1.